The maximum atomic E-state index is 13.1. The number of hydrogen-bond acceptors (Lipinski definition) is 3. The van der Waals surface area contributed by atoms with E-state index in [1.807, 2.05) is 19.1 Å². The Kier molecular flexibility index (Phi) is 3.62. The molecule has 3 nitrogen and oxygen atoms in total. The van der Waals surface area contributed by atoms with Crippen molar-refractivity contribution >= 4 is 0 Å². The highest BCUT2D eigenvalue weighted by atomic mass is 19.1. The van der Waals surface area contributed by atoms with Crippen LogP contribution in [0.4, 0.5) is 8.78 Å². The van der Waals surface area contributed by atoms with Gasteiger partial charge in [0.05, 0.1) is 6.54 Å². The van der Waals surface area contributed by atoms with Gasteiger partial charge in [-0.2, -0.15) is 0 Å². The number of phenols is 1. The molecule has 0 aliphatic rings. The maximum absolute atomic E-state index is 13.1. The third kappa shape index (κ3) is 2.87. The molecule has 0 bridgehead atoms. The second-order valence-corrected chi connectivity index (χ2v) is 4.02. The Morgan fingerprint density at radius 2 is 1.83 bits per heavy atom. The molecule has 2 aromatic rings. The van der Waals surface area contributed by atoms with Gasteiger partial charge >= 0.3 is 0 Å². The summed E-state index contributed by atoms with van der Waals surface area (Å²) in [6.45, 7) is 2.60. The third-order valence-electron chi connectivity index (χ3n) is 2.50. The second kappa shape index (κ2) is 5.18. The normalized spacial score (nSPS) is 10.8. The number of nitrogens with one attached hydrogen (secondary N) is 1. The fraction of sp³-hybridized carbons (Fsp3) is 0.231. The van der Waals surface area contributed by atoms with Crippen molar-refractivity contribution in [2.24, 2.45) is 0 Å². The van der Waals surface area contributed by atoms with E-state index in [0.29, 0.717) is 12.1 Å². The van der Waals surface area contributed by atoms with Crippen molar-refractivity contribution in [1.82, 2.24) is 5.32 Å². The SMILES string of the molecule is Cc1ccc(CNCc2cc(F)c(O)c(F)c2)o1. The Morgan fingerprint density at radius 3 is 2.39 bits per heavy atom. The summed E-state index contributed by atoms with van der Waals surface area (Å²) in [5, 5.41) is 11.9. The standard InChI is InChI=1S/C13H13F2NO2/c1-8-2-3-10(18-8)7-16-6-9-4-11(14)13(17)12(15)5-9/h2-5,16-17H,6-7H2,1H3. The maximum Gasteiger partial charge on any atom is 0.187 e. The van der Waals surface area contributed by atoms with Crippen molar-refractivity contribution < 1.29 is 18.3 Å². The molecule has 0 unspecified atom stereocenters. The summed E-state index contributed by atoms with van der Waals surface area (Å²) in [6.07, 6.45) is 0. The lowest BCUT2D eigenvalue weighted by Crippen LogP contribution is -2.12. The highest BCUT2D eigenvalue weighted by Crippen LogP contribution is 2.21. The minimum Gasteiger partial charge on any atom is -0.503 e. The molecule has 0 saturated carbocycles. The van der Waals surface area contributed by atoms with Gasteiger partial charge in [-0.15, -0.1) is 0 Å². The van der Waals surface area contributed by atoms with Crippen LogP contribution in [0.2, 0.25) is 0 Å². The number of benzene rings is 1. The molecule has 1 aromatic carbocycles. The van der Waals surface area contributed by atoms with E-state index < -0.39 is 17.4 Å². The van der Waals surface area contributed by atoms with E-state index in [1.54, 1.807) is 0 Å². The number of aryl methyl sites for hydroxylation is 1. The van der Waals surface area contributed by atoms with Crippen LogP contribution in [0.25, 0.3) is 0 Å². The summed E-state index contributed by atoms with van der Waals surface area (Å²) in [5.41, 5.74) is 0.422. The van der Waals surface area contributed by atoms with Crippen LogP contribution < -0.4 is 5.32 Å². The lowest BCUT2D eigenvalue weighted by Gasteiger charge is -2.05. The summed E-state index contributed by atoms with van der Waals surface area (Å²) in [6, 6.07) is 5.87. The summed E-state index contributed by atoms with van der Waals surface area (Å²) in [7, 11) is 0. The highest BCUT2D eigenvalue weighted by Gasteiger charge is 2.09. The van der Waals surface area contributed by atoms with Gasteiger partial charge in [0.1, 0.15) is 11.5 Å². The van der Waals surface area contributed by atoms with Crippen LogP contribution in [0, 0.1) is 18.6 Å². The molecule has 5 heteroatoms. The van der Waals surface area contributed by atoms with Crippen molar-refractivity contribution in [2.45, 2.75) is 20.0 Å². The number of halogens is 2. The zero-order valence-electron chi connectivity index (χ0n) is 9.84. The Labute approximate surface area is 103 Å². The first kappa shape index (κ1) is 12.6. The molecule has 0 aliphatic carbocycles. The molecule has 2 rings (SSSR count). The zero-order chi connectivity index (χ0) is 13.1. The van der Waals surface area contributed by atoms with E-state index in [0.717, 1.165) is 23.7 Å². The van der Waals surface area contributed by atoms with Crippen LogP contribution in [0.5, 0.6) is 5.75 Å². The molecule has 1 heterocycles. The molecule has 0 spiro atoms. The fourth-order valence-electron chi connectivity index (χ4n) is 1.63. The fourth-order valence-corrected chi connectivity index (χ4v) is 1.63. The van der Waals surface area contributed by atoms with Crippen LogP contribution in [-0.2, 0) is 13.1 Å². The number of aromatic hydroxyl groups is 1. The van der Waals surface area contributed by atoms with E-state index in [9.17, 15) is 8.78 Å². The quantitative estimate of drug-likeness (QED) is 0.880. The number of rotatable bonds is 4. The first-order valence-corrected chi connectivity index (χ1v) is 5.49. The molecule has 1 aromatic heterocycles. The van der Waals surface area contributed by atoms with Crippen molar-refractivity contribution in [2.75, 3.05) is 0 Å². The zero-order valence-corrected chi connectivity index (χ0v) is 9.84. The van der Waals surface area contributed by atoms with Gasteiger partial charge in [-0.1, -0.05) is 0 Å². The minimum atomic E-state index is -0.958. The van der Waals surface area contributed by atoms with E-state index in [2.05, 4.69) is 5.32 Å². The molecule has 0 fully saturated rings. The Bertz CT molecular complexity index is 529. The van der Waals surface area contributed by atoms with Gasteiger partial charge in [0, 0.05) is 6.54 Å². The smallest absolute Gasteiger partial charge is 0.187 e. The summed E-state index contributed by atoms with van der Waals surface area (Å²) in [5.74, 6) is -1.29. The summed E-state index contributed by atoms with van der Waals surface area (Å²) >= 11 is 0. The van der Waals surface area contributed by atoms with Crippen molar-refractivity contribution in [3.8, 4) is 5.75 Å². The van der Waals surface area contributed by atoms with Crippen LogP contribution in [0.1, 0.15) is 17.1 Å². The largest absolute Gasteiger partial charge is 0.503 e. The van der Waals surface area contributed by atoms with Crippen LogP contribution >= 0.6 is 0 Å². The summed E-state index contributed by atoms with van der Waals surface area (Å²) in [4.78, 5) is 0. The molecule has 0 aliphatic heterocycles. The van der Waals surface area contributed by atoms with Gasteiger partial charge in [0.15, 0.2) is 17.4 Å². The van der Waals surface area contributed by atoms with Crippen molar-refractivity contribution in [1.29, 1.82) is 0 Å². The van der Waals surface area contributed by atoms with E-state index in [-0.39, 0.29) is 6.54 Å². The second-order valence-electron chi connectivity index (χ2n) is 4.02. The number of phenolic OH excluding ortho intramolecular Hbond substituents is 1. The first-order chi connectivity index (χ1) is 8.56. The minimum absolute atomic E-state index is 0.286. The van der Waals surface area contributed by atoms with E-state index in [4.69, 9.17) is 9.52 Å². The average Bonchev–Trinajstić information content (AvgIpc) is 2.72. The molecule has 2 N–H and O–H groups in total. The van der Waals surface area contributed by atoms with E-state index >= 15 is 0 Å². The third-order valence-corrected chi connectivity index (χ3v) is 2.50. The Morgan fingerprint density at radius 1 is 1.17 bits per heavy atom. The van der Waals surface area contributed by atoms with Gasteiger partial charge in [0.25, 0.3) is 0 Å². The van der Waals surface area contributed by atoms with Gasteiger partial charge in [-0.3, -0.25) is 0 Å². The van der Waals surface area contributed by atoms with Gasteiger partial charge < -0.3 is 14.8 Å². The molecule has 18 heavy (non-hydrogen) atoms. The predicted molar refractivity (Wildman–Crippen MR) is 62.0 cm³/mol. The molecule has 0 atom stereocenters. The molecule has 96 valence electrons. The van der Waals surface area contributed by atoms with E-state index in [1.165, 1.54) is 0 Å². The topological polar surface area (TPSA) is 45.4 Å². The van der Waals surface area contributed by atoms with Crippen molar-refractivity contribution in [3.63, 3.8) is 0 Å². The first-order valence-electron chi connectivity index (χ1n) is 5.49. The lowest BCUT2D eigenvalue weighted by atomic mass is 10.2. The Hall–Kier alpha value is -1.88. The summed E-state index contributed by atoms with van der Waals surface area (Å²) < 4.78 is 31.5. The molecule has 0 radical (unpaired) electrons. The number of furan rings is 1. The van der Waals surface area contributed by atoms with Crippen LogP contribution in [0.3, 0.4) is 0 Å². The van der Waals surface area contributed by atoms with Crippen LogP contribution in [0.15, 0.2) is 28.7 Å². The van der Waals surface area contributed by atoms with Crippen LogP contribution in [-0.4, -0.2) is 5.11 Å². The average molecular weight is 253 g/mol. The predicted octanol–water partition coefficient (Wildman–Crippen LogP) is 2.86. The lowest BCUT2D eigenvalue weighted by molar-refractivity contribution is 0.394. The molecule has 0 amide bonds. The molecular weight excluding hydrogens is 240 g/mol. The van der Waals surface area contributed by atoms with Gasteiger partial charge in [-0.25, -0.2) is 8.78 Å². The Balaban J connectivity index is 1.94. The molecule has 0 saturated heterocycles. The number of hydrogen-bond donors (Lipinski definition) is 2. The van der Waals surface area contributed by atoms with Gasteiger partial charge in [-0.05, 0) is 36.8 Å². The van der Waals surface area contributed by atoms with Gasteiger partial charge in [0.2, 0.25) is 0 Å². The van der Waals surface area contributed by atoms with Crippen molar-refractivity contribution in [3.05, 3.63) is 53.0 Å². The molecular formula is C13H13F2NO2. The monoisotopic (exact) mass is 253 g/mol. The highest BCUT2D eigenvalue weighted by molar-refractivity contribution is 5.29.